The number of hydrogen-bond acceptors (Lipinski definition) is 5. The summed E-state index contributed by atoms with van der Waals surface area (Å²) >= 11 is 0. The molecule has 0 rings (SSSR count). The average molecular weight is 176 g/mol. The van der Waals surface area contributed by atoms with E-state index >= 15 is 0 Å². The molecule has 5 nitrogen and oxygen atoms in total. The van der Waals surface area contributed by atoms with Crippen LogP contribution in [0, 0.1) is 0 Å². The first-order chi connectivity index (χ1) is 5.52. The van der Waals surface area contributed by atoms with Gasteiger partial charge in [-0.05, 0) is 13.0 Å². The summed E-state index contributed by atoms with van der Waals surface area (Å²) in [5.41, 5.74) is 0. The zero-order chi connectivity index (χ0) is 9.56. The molecule has 12 heavy (non-hydrogen) atoms. The minimum Gasteiger partial charge on any atom is -0.460 e. The molecule has 0 fully saturated rings. The van der Waals surface area contributed by atoms with E-state index < -0.39 is 18.4 Å². The second kappa shape index (κ2) is 5.70. The van der Waals surface area contributed by atoms with E-state index in [0.29, 0.717) is 0 Å². The fourth-order valence-corrected chi connectivity index (χ4v) is 0.415. The van der Waals surface area contributed by atoms with E-state index in [-0.39, 0.29) is 6.61 Å². The van der Waals surface area contributed by atoms with Crippen LogP contribution in [0.15, 0.2) is 12.2 Å². The van der Waals surface area contributed by atoms with Gasteiger partial charge in [0.05, 0.1) is 6.10 Å². The molecule has 70 valence electrons. The maximum atomic E-state index is 10.6. The fraction of sp³-hybridized carbons (Fsp3) is 0.571. The average Bonchev–Trinajstić information content (AvgIpc) is 1.96. The molecule has 0 aromatic heterocycles. The van der Waals surface area contributed by atoms with Crippen LogP contribution in [0.3, 0.4) is 0 Å². The summed E-state index contributed by atoms with van der Waals surface area (Å²) in [4.78, 5) is 10.6. The van der Waals surface area contributed by atoms with Gasteiger partial charge in [0.15, 0.2) is 6.29 Å². The van der Waals surface area contributed by atoms with Crippen molar-refractivity contribution in [2.75, 3.05) is 6.61 Å². The summed E-state index contributed by atoms with van der Waals surface area (Å²) in [6.45, 7) is 1.36. The number of esters is 1. The van der Waals surface area contributed by atoms with E-state index in [2.05, 4.69) is 4.74 Å². The number of carbonyl (C=O) groups excluding carboxylic acids is 1. The molecule has 0 saturated carbocycles. The van der Waals surface area contributed by atoms with E-state index in [1.54, 1.807) is 0 Å². The third kappa shape index (κ3) is 7.20. The van der Waals surface area contributed by atoms with Crippen LogP contribution in [0.25, 0.3) is 0 Å². The van der Waals surface area contributed by atoms with Crippen molar-refractivity contribution in [1.82, 2.24) is 0 Å². The predicted molar refractivity (Wildman–Crippen MR) is 40.0 cm³/mol. The van der Waals surface area contributed by atoms with Gasteiger partial charge >= 0.3 is 5.97 Å². The second-order valence-electron chi connectivity index (χ2n) is 2.25. The van der Waals surface area contributed by atoms with E-state index in [1.807, 2.05) is 0 Å². The number of rotatable bonds is 4. The first-order valence-electron chi connectivity index (χ1n) is 3.41. The molecule has 0 spiro atoms. The Morgan fingerprint density at radius 2 is 2.08 bits per heavy atom. The number of ether oxygens (including phenoxy) is 1. The normalized spacial score (nSPS) is 13.8. The van der Waals surface area contributed by atoms with Crippen LogP contribution in [0.4, 0.5) is 0 Å². The molecule has 1 unspecified atom stereocenters. The summed E-state index contributed by atoms with van der Waals surface area (Å²) in [6.07, 6.45) is -0.636. The highest BCUT2D eigenvalue weighted by molar-refractivity contribution is 5.81. The highest BCUT2D eigenvalue weighted by atomic mass is 16.5. The van der Waals surface area contributed by atoms with Gasteiger partial charge in [0.1, 0.15) is 6.61 Å². The van der Waals surface area contributed by atoms with Gasteiger partial charge in [-0.15, -0.1) is 0 Å². The van der Waals surface area contributed by atoms with E-state index in [0.717, 1.165) is 12.2 Å². The van der Waals surface area contributed by atoms with Gasteiger partial charge in [-0.2, -0.15) is 0 Å². The largest absolute Gasteiger partial charge is 0.460 e. The van der Waals surface area contributed by atoms with Crippen molar-refractivity contribution in [2.24, 2.45) is 0 Å². The molecule has 5 heteroatoms. The van der Waals surface area contributed by atoms with Crippen molar-refractivity contribution in [3.63, 3.8) is 0 Å². The molecular weight excluding hydrogens is 164 g/mol. The Kier molecular flexibility index (Phi) is 5.27. The molecule has 0 aliphatic rings. The predicted octanol–water partition coefficient (Wildman–Crippen LogP) is -1.22. The smallest absolute Gasteiger partial charge is 0.330 e. The molecule has 0 saturated heterocycles. The fourth-order valence-electron chi connectivity index (χ4n) is 0.415. The Hall–Kier alpha value is -0.910. The summed E-state index contributed by atoms with van der Waals surface area (Å²) in [7, 11) is 0. The van der Waals surface area contributed by atoms with Gasteiger partial charge in [-0.3, -0.25) is 0 Å². The van der Waals surface area contributed by atoms with Crippen LogP contribution in [-0.2, 0) is 9.53 Å². The number of carbonyl (C=O) groups is 1. The van der Waals surface area contributed by atoms with Crippen LogP contribution in [0.5, 0.6) is 0 Å². The van der Waals surface area contributed by atoms with Crippen molar-refractivity contribution < 1.29 is 24.9 Å². The van der Waals surface area contributed by atoms with Crippen LogP contribution in [-0.4, -0.2) is 40.3 Å². The lowest BCUT2D eigenvalue weighted by Gasteiger charge is -2.03. The second-order valence-corrected chi connectivity index (χ2v) is 2.25. The Balaban J connectivity index is 3.60. The highest BCUT2D eigenvalue weighted by Crippen LogP contribution is 1.87. The number of hydrogen-bond donors (Lipinski definition) is 3. The Morgan fingerprint density at radius 1 is 1.50 bits per heavy atom. The number of aliphatic hydroxyl groups is 3. The topological polar surface area (TPSA) is 87.0 Å². The molecule has 0 amide bonds. The molecule has 1 atom stereocenters. The minimum atomic E-state index is -1.66. The highest BCUT2D eigenvalue weighted by Gasteiger charge is 2.00. The summed E-state index contributed by atoms with van der Waals surface area (Å²) in [6, 6.07) is 0. The zero-order valence-corrected chi connectivity index (χ0v) is 6.67. The lowest BCUT2D eigenvalue weighted by Crippen LogP contribution is -2.14. The van der Waals surface area contributed by atoms with Crippen LogP contribution in [0.2, 0.25) is 0 Å². The minimum absolute atomic E-state index is 0.106. The lowest BCUT2D eigenvalue weighted by molar-refractivity contribution is -0.140. The third-order valence-electron chi connectivity index (χ3n) is 0.871. The Morgan fingerprint density at radius 3 is 2.50 bits per heavy atom. The third-order valence-corrected chi connectivity index (χ3v) is 0.871. The summed E-state index contributed by atoms with van der Waals surface area (Å²) in [5, 5.41) is 25.3. The van der Waals surface area contributed by atoms with Gasteiger partial charge < -0.3 is 20.1 Å². The van der Waals surface area contributed by atoms with Crippen LogP contribution in [0.1, 0.15) is 6.92 Å². The number of aliphatic hydroxyl groups excluding tert-OH is 2. The maximum absolute atomic E-state index is 10.6. The van der Waals surface area contributed by atoms with Crippen molar-refractivity contribution in [1.29, 1.82) is 0 Å². The monoisotopic (exact) mass is 176 g/mol. The van der Waals surface area contributed by atoms with Gasteiger partial charge in [-0.25, -0.2) is 4.79 Å². The summed E-state index contributed by atoms with van der Waals surface area (Å²) < 4.78 is 4.46. The molecule has 0 aromatic carbocycles. The van der Waals surface area contributed by atoms with Crippen molar-refractivity contribution in [3.05, 3.63) is 12.2 Å². The van der Waals surface area contributed by atoms with Crippen molar-refractivity contribution in [2.45, 2.75) is 19.3 Å². The Bertz CT molecular complexity index is 161. The first-order valence-corrected chi connectivity index (χ1v) is 3.41. The van der Waals surface area contributed by atoms with Gasteiger partial charge in [0, 0.05) is 6.08 Å². The molecule has 0 radical (unpaired) electrons. The van der Waals surface area contributed by atoms with Crippen LogP contribution >= 0.6 is 0 Å². The molecule has 0 aliphatic carbocycles. The quantitative estimate of drug-likeness (QED) is 0.284. The van der Waals surface area contributed by atoms with Crippen LogP contribution < -0.4 is 0 Å². The lowest BCUT2D eigenvalue weighted by atomic mass is 10.4. The summed E-state index contributed by atoms with van der Waals surface area (Å²) in [5.74, 6) is -0.719. The van der Waals surface area contributed by atoms with Gasteiger partial charge in [-0.1, -0.05) is 0 Å². The van der Waals surface area contributed by atoms with E-state index in [9.17, 15) is 4.79 Å². The molecule has 3 N–H and O–H groups in total. The van der Waals surface area contributed by atoms with E-state index in [1.165, 1.54) is 6.92 Å². The molecule has 0 heterocycles. The van der Waals surface area contributed by atoms with Crippen molar-refractivity contribution in [3.8, 4) is 0 Å². The zero-order valence-electron chi connectivity index (χ0n) is 6.67. The maximum Gasteiger partial charge on any atom is 0.330 e. The molecule has 0 bridgehead atoms. The Labute approximate surface area is 69.9 Å². The molecular formula is C7H12O5. The van der Waals surface area contributed by atoms with Gasteiger partial charge in [0.25, 0.3) is 0 Å². The molecule has 0 aromatic rings. The SMILES string of the molecule is CC(O)COC(=O)C=CC(O)O. The van der Waals surface area contributed by atoms with Gasteiger partial charge in [0.2, 0.25) is 0 Å². The van der Waals surface area contributed by atoms with E-state index in [4.69, 9.17) is 15.3 Å². The first kappa shape index (κ1) is 11.1. The molecule has 0 aliphatic heterocycles. The standard InChI is InChI=1S/C7H12O5/c1-5(8)4-12-7(11)3-2-6(9)10/h2-3,5-6,8-10H,4H2,1H3. The van der Waals surface area contributed by atoms with Crippen molar-refractivity contribution >= 4 is 5.97 Å².